The highest BCUT2D eigenvalue weighted by molar-refractivity contribution is 7.89. The van der Waals surface area contributed by atoms with Gasteiger partial charge < -0.3 is 4.57 Å². The molecule has 1 heterocycles. The Labute approximate surface area is 104 Å². The van der Waals surface area contributed by atoms with E-state index in [0.29, 0.717) is 0 Å². The molecule has 0 spiro atoms. The minimum Gasteiger partial charge on any atom is -0.302 e. The average Bonchev–Trinajstić information content (AvgIpc) is 2.30. The molecule has 0 aliphatic rings. The summed E-state index contributed by atoms with van der Waals surface area (Å²) in [5, 5.41) is 0. The largest absolute Gasteiger partial charge is 0.330 e. The number of rotatable bonds is 3. The van der Waals surface area contributed by atoms with Crippen LogP contribution in [0.3, 0.4) is 0 Å². The summed E-state index contributed by atoms with van der Waals surface area (Å²) in [7, 11) is -1.49. The van der Waals surface area contributed by atoms with E-state index in [1.807, 2.05) is 0 Å². The molecule has 1 rings (SSSR count). The van der Waals surface area contributed by atoms with Crippen LogP contribution in [0.5, 0.6) is 0 Å². The lowest BCUT2D eigenvalue weighted by Crippen LogP contribution is -2.42. The van der Waals surface area contributed by atoms with Gasteiger partial charge in [-0.15, -0.1) is 6.42 Å². The van der Waals surface area contributed by atoms with Gasteiger partial charge in [-0.05, 0) is 6.92 Å². The van der Waals surface area contributed by atoms with Crippen LogP contribution in [0.4, 0.5) is 0 Å². The summed E-state index contributed by atoms with van der Waals surface area (Å²) >= 11 is 0. The lowest BCUT2D eigenvalue weighted by molar-refractivity contribution is 0.567. The van der Waals surface area contributed by atoms with Gasteiger partial charge in [0.25, 0.3) is 5.56 Å². The van der Waals surface area contributed by atoms with E-state index in [2.05, 4.69) is 10.6 Å². The molecule has 1 aromatic heterocycles. The second-order valence-electron chi connectivity index (χ2n) is 3.76. The molecule has 18 heavy (non-hydrogen) atoms. The highest BCUT2D eigenvalue weighted by Gasteiger charge is 2.22. The summed E-state index contributed by atoms with van der Waals surface area (Å²) in [6, 6.07) is -0.753. The highest BCUT2D eigenvalue weighted by Crippen LogP contribution is 2.00. The fraction of sp³-hybridized carbons (Fsp3) is 0.400. The monoisotopic (exact) mass is 271 g/mol. The van der Waals surface area contributed by atoms with Crippen LogP contribution in [-0.2, 0) is 24.1 Å². The average molecular weight is 271 g/mol. The first-order valence-corrected chi connectivity index (χ1v) is 6.44. The van der Waals surface area contributed by atoms with Gasteiger partial charge >= 0.3 is 5.69 Å². The van der Waals surface area contributed by atoms with Gasteiger partial charge in [-0.3, -0.25) is 9.36 Å². The van der Waals surface area contributed by atoms with E-state index in [1.165, 1.54) is 21.0 Å². The second-order valence-corrected chi connectivity index (χ2v) is 5.44. The topological polar surface area (TPSA) is 90.2 Å². The van der Waals surface area contributed by atoms with E-state index >= 15 is 0 Å². The van der Waals surface area contributed by atoms with Crippen molar-refractivity contribution in [3.05, 3.63) is 27.0 Å². The van der Waals surface area contributed by atoms with Crippen molar-refractivity contribution in [3.63, 3.8) is 0 Å². The first-order chi connectivity index (χ1) is 8.20. The molecular formula is C10H13N3O4S. The Hall–Kier alpha value is -1.85. The molecule has 0 aromatic carbocycles. The van der Waals surface area contributed by atoms with E-state index in [1.54, 1.807) is 0 Å². The Morgan fingerprint density at radius 2 is 1.94 bits per heavy atom. The van der Waals surface area contributed by atoms with Gasteiger partial charge in [0, 0.05) is 20.3 Å². The van der Waals surface area contributed by atoms with Gasteiger partial charge in [-0.1, -0.05) is 5.92 Å². The zero-order valence-electron chi connectivity index (χ0n) is 10.2. The first-order valence-electron chi connectivity index (χ1n) is 4.96. The lowest BCUT2D eigenvalue weighted by atomic mass is 10.4. The fourth-order valence-corrected chi connectivity index (χ4v) is 2.61. The molecule has 0 saturated carbocycles. The highest BCUT2D eigenvalue weighted by atomic mass is 32.2. The third-order valence-corrected chi connectivity index (χ3v) is 3.81. The van der Waals surface area contributed by atoms with Crippen LogP contribution in [0.15, 0.2) is 20.7 Å². The van der Waals surface area contributed by atoms with Crippen molar-refractivity contribution in [3.8, 4) is 12.3 Å². The van der Waals surface area contributed by atoms with Crippen molar-refractivity contribution < 1.29 is 8.42 Å². The minimum absolute atomic E-state index is 0.519. The van der Waals surface area contributed by atoms with Crippen LogP contribution in [0, 0.1) is 12.3 Å². The molecule has 0 bridgehead atoms. The number of hydrogen-bond donors (Lipinski definition) is 1. The third kappa shape index (κ3) is 2.52. The zero-order chi connectivity index (χ0) is 14.1. The Morgan fingerprint density at radius 3 is 2.44 bits per heavy atom. The summed E-state index contributed by atoms with van der Waals surface area (Å²) < 4.78 is 27.7. The third-order valence-electron chi connectivity index (χ3n) is 2.29. The smallest absolute Gasteiger partial charge is 0.302 e. The van der Waals surface area contributed by atoms with E-state index in [4.69, 9.17) is 6.42 Å². The van der Waals surface area contributed by atoms with Crippen molar-refractivity contribution in [1.29, 1.82) is 0 Å². The number of sulfonamides is 1. The maximum absolute atomic E-state index is 11.9. The molecule has 0 radical (unpaired) electrons. The molecule has 1 aromatic rings. The van der Waals surface area contributed by atoms with Crippen LogP contribution in [0.2, 0.25) is 0 Å². The predicted molar refractivity (Wildman–Crippen MR) is 65.5 cm³/mol. The Morgan fingerprint density at radius 1 is 1.39 bits per heavy atom. The summed E-state index contributed by atoms with van der Waals surface area (Å²) in [6.45, 7) is 1.46. The summed E-state index contributed by atoms with van der Waals surface area (Å²) in [5.74, 6) is 2.18. The molecule has 0 fully saturated rings. The summed E-state index contributed by atoms with van der Waals surface area (Å²) in [4.78, 5) is 22.6. The fourth-order valence-electron chi connectivity index (χ4n) is 1.29. The van der Waals surface area contributed by atoms with Crippen LogP contribution in [0.25, 0.3) is 0 Å². The number of nitrogens with one attached hydrogen (secondary N) is 1. The van der Waals surface area contributed by atoms with Gasteiger partial charge in [0.15, 0.2) is 4.90 Å². The standard InChI is InChI=1S/C10H13N3O4S/c1-5-7(2)11-18(16,17)8-6-12(3)10(15)13(4)9(8)14/h1,6-7,11H,2-4H3. The predicted octanol–water partition coefficient (Wildman–Crippen LogP) is -1.62. The number of hydrogen-bond acceptors (Lipinski definition) is 4. The first kappa shape index (κ1) is 14.2. The minimum atomic E-state index is -4.05. The maximum atomic E-state index is 11.9. The normalized spacial score (nSPS) is 13.0. The van der Waals surface area contributed by atoms with Gasteiger partial charge in [0.05, 0.1) is 6.04 Å². The Balaban J connectivity index is 3.50. The molecule has 0 saturated heterocycles. The van der Waals surface area contributed by atoms with Gasteiger partial charge in [-0.25, -0.2) is 13.2 Å². The molecular weight excluding hydrogens is 258 g/mol. The van der Waals surface area contributed by atoms with Crippen LogP contribution in [-0.4, -0.2) is 23.6 Å². The maximum Gasteiger partial charge on any atom is 0.330 e. The number of terminal acetylenes is 1. The Bertz CT molecular complexity index is 721. The lowest BCUT2D eigenvalue weighted by Gasteiger charge is -2.10. The summed E-state index contributed by atoms with van der Waals surface area (Å²) in [6.07, 6.45) is 6.03. The quantitative estimate of drug-likeness (QED) is 0.669. The van der Waals surface area contributed by atoms with Gasteiger partial charge in [0.1, 0.15) is 0 Å². The van der Waals surface area contributed by atoms with E-state index in [9.17, 15) is 18.0 Å². The molecule has 1 unspecified atom stereocenters. The van der Waals surface area contributed by atoms with Crippen LogP contribution >= 0.6 is 0 Å². The molecule has 1 N–H and O–H groups in total. The molecule has 0 aliphatic carbocycles. The van der Waals surface area contributed by atoms with Crippen molar-refractivity contribution >= 4 is 10.0 Å². The Kier molecular flexibility index (Phi) is 3.79. The molecule has 98 valence electrons. The van der Waals surface area contributed by atoms with Crippen molar-refractivity contribution in [2.24, 2.45) is 14.1 Å². The number of aromatic nitrogens is 2. The van der Waals surface area contributed by atoms with Crippen LogP contribution in [0.1, 0.15) is 6.92 Å². The van der Waals surface area contributed by atoms with Crippen LogP contribution < -0.4 is 16.0 Å². The van der Waals surface area contributed by atoms with E-state index in [-0.39, 0.29) is 0 Å². The van der Waals surface area contributed by atoms with Crippen molar-refractivity contribution in [2.75, 3.05) is 0 Å². The van der Waals surface area contributed by atoms with Crippen molar-refractivity contribution in [2.45, 2.75) is 17.9 Å². The molecule has 8 heteroatoms. The zero-order valence-corrected chi connectivity index (χ0v) is 11.0. The molecule has 0 aliphatic heterocycles. The van der Waals surface area contributed by atoms with Gasteiger partial charge in [-0.2, -0.15) is 4.72 Å². The van der Waals surface area contributed by atoms with Gasteiger partial charge in [0.2, 0.25) is 10.0 Å². The molecule has 1 atom stereocenters. The molecule has 0 amide bonds. The number of nitrogens with zero attached hydrogens (tertiary/aromatic N) is 2. The van der Waals surface area contributed by atoms with E-state index < -0.39 is 32.2 Å². The number of aryl methyl sites for hydroxylation is 1. The van der Waals surface area contributed by atoms with Crippen molar-refractivity contribution in [1.82, 2.24) is 13.9 Å². The molecule has 7 nitrogen and oxygen atoms in total. The van der Waals surface area contributed by atoms with E-state index in [0.717, 1.165) is 15.3 Å². The SMILES string of the molecule is C#CC(C)NS(=O)(=O)c1cn(C)c(=O)n(C)c1=O. The second kappa shape index (κ2) is 4.80. The summed E-state index contributed by atoms with van der Waals surface area (Å²) in [5.41, 5.74) is -1.50.